The number of ether oxygens (including phenoxy) is 1. The number of aromatic carboxylic acids is 1. The molecule has 1 aromatic rings. The molecule has 1 aromatic carbocycles. The normalized spacial score (nSPS) is 10.5. The Morgan fingerprint density at radius 2 is 1.63 bits per heavy atom. The van der Waals surface area contributed by atoms with E-state index in [1.54, 1.807) is 12.1 Å². The van der Waals surface area contributed by atoms with Crippen LogP contribution < -0.4 is 0 Å². The van der Waals surface area contributed by atoms with Crippen LogP contribution in [0.5, 0.6) is 0 Å². The molecular weight excluding hydrogens is 244 g/mol. The average Bonchev–Trinajstić information content (AvgIpc) is 2.39. The second-order valence-corrected chi connectivity index (χ2v) is 4.46. The number of rotatable bonds is 7. The Morgan fingerprint density at radius 3 is 2.11 bits per heavy atom. The first-order chi connectivity index (χ1) is 9.10. The second kappa shape index (κ2) is 7.56. The van der Waals surface area contributed by atoms with Crippen molar-refractivity contribution >= 4 is 11.9 Å². The van der Waals surface area contributed by atoms with Gasteiger partial charge in [-0.3, -0.25) is 0 Å². The molecule has 19 heavy (non-hydrogen) atoms. The molecule has 0 aliphatic rings. The monoisotopic (exact) mass is 264 g/mol. The Bertz CT molecular complexity index is 434. The highest BCUT2D eigenvalue weighted by Gasteiger charge is 2.20. The molecule has 0 atom stereocenters. The van der Waals surface area contributed by atoms with Crippen LogP contribution in [0.4, 0.5) is 0 Å². The smallest absolute Gasteiger partial charge is 0.339 e. The van der Waals surface area contributed by atoms with E-state index in [2.05, 4.69) is 0 Å². The van der Waals surface area contributed by atoms with E-state index < -0.39 is 11.9 Å². The minimum atomic E-state index is -1.12. The molecule has 104 valence electrons. The van der Waals surface area contributed by atoms with E-state index >= 15 is 0 Å². The van der Waals surface area contributed by atoms with Crippen LogP contribution in [-0.2, 0) is 4.74 Å². The van der Waals surface area contributed by atoms with Gasteiger partial charge in [-0.2, -0.15) is 0 Å². The molecule has 0 saturated heterocycles. The van der Waals surface area contributed by atoms with Gasteiger partial charge in [-0.15, -0.1) is 0 Å². The first kappa shape index (κ1) is 15.2. The Hall–Kier alpha value is -1.84. The summed E-state index contributed by atoms with van der Waals surface area (Å²) < 4.78 is 5.41. The van der Waals surface area contributed by atoms with Gasteiger partial charge in [0.2, 0.25) is 0 Å². The second-order valence-electron chi connectivity index (χ2n) is 4.46. The quantitative estimate of drug-likeness (QED) is 0.765. The van der Waals surface area contributed by atoms with Crippen molar-refractivity contribution in [3.05, 3.63) is 35.4 Å². The van der Waals surface area contributed by atoms with Crippen molar-refractivity contribution in [2.24, 2.45) is 0 Å². The number of carbonyl (C=O) groups excluding carboxylic acids is 1. The molecule has 0 aliphatic heterocycles. The van der Waals surface area contributed by atoms with Crippen molar-refractivity contribution in [1.29, 1.82) is 0 Å². The van der Waals surface area contributed by atoms with E-state index in [0.717, 1.165) is 25.7 Å². The lowest BCUT2D eigenvalue weighted by Gasteiger charge is -2.17. The number of carbonyl (C=O) groups is 2. The maximum Gasteiger partial charge on any atom is 0.339 e. The Labute approximate surface area is 113 Å². The van der Waals surface area contributed by atoms with Gasteiger partial charge >= 0.3 is 11.9 Å². The molecule has 1 N–H and O–H groups in total. The molecule has 0 spiro atoms. The first-order valence-corrected chi connectivity index (χ1v) is 6.63. The van der Waals surface area contributed by atoms with E-state index in [9.17, 15) is 9.59 Å². The third kappa shape index (κ3) is 4.39. The van der Waals surface area contributed by atoms with Gasteiger partial charge in [-0.25, -0.2) is 9.59 Å². The van der Waals surface area contributed by atoms with Crippen LogP contribution in [0.1, 0.15) is 60.2 Å². The minimum Gasteiger partial charge on any atom is -0.478 e. The highest BCUT2D eigenvalue weighted by molar-refractivity contribution is 6.02. The van der Waals surface area contributed by atoms with Crippen LogP contribution in [0, 0.1) is 0 Å². The van der Waals surface area contributed by atoms with Gasteiger partial charge in [-0.1, -0.05) is 38.8 Å². The lowest BCUT2D eigenvalue weighted by Crippen LogP contribution is -2.20. The summed E-state index contributed by atoms with van der Waals surface area (Å²) in [6.07, 6.45) is 3.32. The van der Waals surface area contributed by atoms with Gasteiger partial charge in [0.25, 0.3) is 0 Å². The van der Waals surface area contributed by atoms with Crippen molar-refractivity contribution < 1.29 is 19.4 Å². The maximum atomic E-state index is 12.0. The van der Waals surface area contributed by atoms with Crippen molar-refractivity contribution in [3.8, 4) is 0 Å². The summed E-state index contributed by atoms with van der Waals surface area (Å²) in [6.45, 7) is 4.06. The summed E-state index contributed by atoms with van der Waals surface area (Å²) in [5.41, 5.74) is 0.103. The minimum absolute atomic E-state index is 0.0146. The molecule has 4 heteroatoms. The lowest BCUT2D eigenvalue weighted by atomic mass is 10.1. The van der Waals surface area contributed by atoms with Crippen LogP contribution in [0.15, 0.2) is 24.3 Å². The fourth-order valence-corrected chi connectivity index (χ4v) is 1.97. The van der Waals surface area contributed by atoms with E-state index in [0.29, 0.717) is 0 Å². The summed E-state index contributed by atoms with van der Waals surface area (Å²) in [5, 5.41) is 9.05. The van der Waals surface area contributed by atoms with Crippen LogP contribution in [0.3, 0.4) is 0 Å². The number of hydrogen-bond acceptors (Lipinski definition) is 3. The summed E-state index contributed by atoms with van der Waals surface area (Å²) in [5.74, 6) is -1.67. The van der Waals surface area contributed by atoms with Crippen molar-refractivity contribution in [1.82, 2.24) is 0 Å². The van der Waals surface area contributed by atoms with Crippen LogP contribution in [0.2, 0.25) is 0 Å². The predicted molar refractivity (Wildman–Crippen MR) is 72.4 cm³/mol. The molecule has 1 rings (SSSR count). The Morgan fingerprint density at radius 1 is 1.11 bits per heavy atom. The fourth-order valence-electron chi connectivity index (χ4n) is 1.97. The third-order valence-corrected chi connectivity index (χ3v) is 2.87. The molecule has 0 bridgehead atoms. The van der Waals surface area contributed by atoms with Gasteiger partial charge in [-0.05, 0) is 25.0 Å². The molecule has 0 aromatic heterocycles. The third-order valence-electron chi connectivity index (χ3n) is 2.87. The number of carboxylic acids is 1. The zero-order valence-corrected chi connectivity index (χ0v) is 11.4. The van der Waals surface area contributed by atoms with Gasteiger partial charge in [0.15, 0.2) is 0 Å². The Kier molecular flexibility index (Phi) is 6.06. The fraction of sp³-hybridized carbons (Fsp3) is 0.467. The molecule has 0 saturated carbocycles. The lowest BCUT2D eigenvalue weighted by molar-refractivity contribution is 0.0253. The standard InChI is InChI=1S/C15H20O4/c1-3-7-11(8-4-2)19-15(18)13-10-6-5-9-12(13)14(16)17/h5-6,9-11H,3-4,7-8H2,1-2H3,(H,16,17). The molecule has 0 fully saturated rings. The highest BCUT2D eigenvalue weighted by Crippen LogP contribution is 2.15. The van der Waals surface area contributed by atoms with E-state index in [4.69, 9.17) is 9.84 Å². The first-order valence-electron chi connectivity index (χ1n) is 6.63. The molecule has 0 aliphatic carbocycles. The number of hydrogen-bond donors (Lipinski definition) is 1. The van der Waals surface area contributed by atoms with E-state index in [1.807, 2.05) is 13.8 Å². The van der Waals surface area contributed by atoms with Gasteiger partial charge in [0, 0.05) is 0 Å². The average molecular weight is 264 g/mol. The van der Waals surface area contributed by atoms with E-state index in [-0.39, 0.29) is 17.2 Å². The van der Waals surface area contributed by atoms with Crippen molar-refractivity contribution in [2.75, 3.05) is 0 Å². The van der Waals surface area contributed by atoms with Gasteiger partial charge < -0.3 is 9.84 Å². The molecule has 0 amide bonds. The van der Waals surface area contributed by atoms with Crippen LogP contribution >= 0.6 is 0 Å². The van der Waals surface area contributed by atoms with Crippen LogP contribution in [-0.4, -0.2) is 23.1 Å². The SMILES string of the molecule is CCCC(CCC)OC(=O)c1ccccc1C(=O)O. The number of benzene rings is 1. The summed E-state index contributed by atoms with van der Waals surface area (Å²) in [7, 11) is 0. The van der Waals surface area contributed by atoms with Crippen molar-refractivity contribution in [3.63, 3.8) is 0 Å². The number of esters is 1. The zero-order chi connectivity index (χ0) is 14.3. The molecular formula is C15H20O4. The van der Waals surface area contributed by atoms with Crippen LogP contribution in [0.25, 0.3) is 0 Å². The molecule has 0 heterocycles. The van der Waals surface area contributed by atoms with Gasteiger partial charge in [0.1, 0.15) is 6.10 Å². The molecule has 0 radical (unpaired) electrons. The predicted octanol–water partition coefficient (Wildman–Crippen LogP) is 3.51. The zero-order valence-electron chi connectivity index (χ0n) is 11.4. The summed E-state index contributed by atoms with van der Waals surface area (Å²) in [6, 6.07) is 6.13. The highest BCUT2D eigenvalue weighted by atomic mass is 16.5. The summed E-state index contributed by atoms with van der Waals surface area (Å²) >= 11 is 0. The summed E-state index contributed by atoms with van der Waals surface area (Å²) in [4.78, 5) is 23.1. The Balaban J connectivity index is 2.85. The largest absolute Gasteiger partial charge is 0.478 e. The van der Waals surface area contributed by atoms with Gasteiger partial charge in [0.05, 0.1) is 11.1 Å². The van der Waals surface area contributed by atoms with Crippen molar-refractivity contribution in [2.45, 2.75) is 45.6 Å². The van der Waals surface area contributed by atoms with E-state index in [1.165, 1.54) is 12.1 Å². The molecule has 0 unspecified atom stereocenters. The topological polar surface area (TPSA) is 63.6 Å². The molecule has 4 nitrogen and oxygen atoms in total. The maximum absolute atomic E-state index is 12.0. The number of carboxylic acid groups (broad SMARTS) is 1.